The van der Waals surface area contributed by atoms with Crippen LogP contribution in [-0.4, -0.2) is 50.1 Å². The molecule has 148 valence electrons. The van der Waals surface area contributed by atoms with Crippen LogP contribution in [0.15, 0.2) is 30.7 Å². The summed E-state index contributed by atoms with van der Waals surface area (Å²) in [5.41, 5.74) is 3.65. The Balaban J connectivity index is 1.44. The molecule has 1 aliphatic rings. The van der Waals surface area contributed by atoms with Gasteiger partial charge in [0.25, 0.3) is 0 Å². The molecule has 1 saturated heterocycles. The summed E-state index contributed by atoms with van der Waals surface area (Å²) in [5.74, 6) is 0.291. The van der Waals surface area contributed by atoms with E-state index in [0.717, 1.165) is 55.2 Å². The third-order valence-corrected chi connectivity index (χ3v) is 5.24. The van der Waals surface area contributed by atoms with E-state index in [0.29, 0.717) is 17.5 Å². The van der Waals surface area contributed by atoms with Crippen LogP contribution in [0.5, 0.6) is 0 Å². The van der Waals surface area contributed by atoms with E-state index in [4.69, 9.17) is 16.6 Å². The minimum absolute atomic E-state index is 0.207. The number of nitrogens with one attached hydrogen (secondary N) is 3. The molecule has 0 aliphatic carbocycles. The van der Waals surface area contributed by atoms with Crippen molar-refractivity contribution in [2.45, 2.75) is 32.2 Å². The van der Waals surface area contributed by atoms with Gasteiger partial charge in [0.2, 0.25) is 0 Å². The highest BCUT2D eigenvalue weighted by Crippen LogP contribution is 2.31. The van der Waals surface area contributed by atoms with Crippen molar-refractivity contribution in [1.29, 1.82) is 0 Å². The van der Waals surface area contributed by atoms with Crippen molar-refractivity contribution < 1.29 is 4.79 Å². The summed E-state index contributed by atoms with van der Waals surface area (Å²) in [4.78, 5) is 19.0. The summed E-state index contributed by atoms with van der Waals surface area (Å²) in [6.45, 7) is 5.17. The molecule has 0 aromatic carbocycles. The van der Waals surface area contributed by atoms with Crippen LogP contribution < -0.4 is 10.6 Å². The van der Waals surface area contributed by atoms with Crippen LogP contribution in [0.2, 0.25) is 5.02 Å². The van der Waals surface area contributed by atoms with Gasteiger partial charge in [-0.25, -0.2) is 9.78 Å². The zero-order valence-electron chi connectivity index (χ0n) is 15.8. The predicted molar refractivity (Wildman–Crippen MR) is 109 cm³/mol. The van der Waals surface area contributed by atoms with Gasteiger partial charge in [0.1, 0.15) is 5.65 Å². The maximum absolute atomic E-state index is 11.9. The quantitative estimate of drug-likeness (QED) is 0.612. The molecule has 3 aromatic heterocycles. The topological polar surface area (TPSA) is 90.3 Å². The number of H-pyrrole nitrogens is 1. The molecule has 0 unspecified atom stereocenters. The molecule has 0 bridgehead atoms. The van der Waals surface area contributed by atoms with Crippen molar-refractivity contribution in [3.63, 3.8) is 0 Å². The number of halogens is 1. The van der Waals surface area contributed by atoms with Gasteiger partial charge in [-0.3, -0.25) is 10.00 Å². The van der Waals surface area contributed by atoms with Crippen LogP contribution in [0.4, 0.5) is 10.5 Å². The fourth-order valence-corrected chi connectivity index (χ4v) is 3.96. The number of hydrogen-bond donors (Lipinski definition) is 3. The average molecular weight is 402 g/mol. The number of imidazole rings is 1. The summed E-state index contributed by atoms with van der Waals surface area (Å²) in [7, 11) is 0. The van der Waals surface area contributed by atoms with Gasteiger partial charge >= 0.3 is 6.03 Å². The lowest BCUT2D eigenvalue weighted by Gasteiger charge is -2.32. The molecule has 9 heteroatoms. The molecule has 0 saturated carbocycles. The lowest BCUT2D eigenvalue weighted by molar-refractivity contribution is 0.197. The van der Waals surface area contributed by atoms with Crippen LogP contribution in [0.25, 0.3) is 5.65 Å². The summed E-state index contributed by atoms with van der Waals surface area (Å²) in [6.07, 6.45) is 7.72. The second-order valence-electron chi connectivity index (χ2n) is 7.10. The van der Waals surface area contributed by atoms with Crippen molar-refractivity contribution in [3.8, 4) is 0 Å². The van der Waals surface area contributed by atoms with E-state index in [1.807, 2.05) is 35.9 Å². The number of rotatable bonds is 5. The van der Waals surface area contributed by atoms with Crippen molar-refractivity contribution >= 4 is 29.0 Å². The molecule has 4 rings (SSSR count). The Kier molecular flexibility index (Phi) is 5.50. The summed E-state index contributed by atoms with van der Waals surface area (Å²) in [5, 5.41) is 13.6. The smallest absolute Gasteiger partial charge is 0.319 e. The summed E-state index contributed by atoms with van der Waals surface area (Å²) in [6, 6.07) is 3.57. The lowest BCUT2D eigenvalue weighted by atomic mass is 9.94. The van der Waals surface area contributed by atoms with Crippen LogP contribution in [-0.2, 0) is 6.54 Å². The molecule has 8 nitrogen and oxygen atoms in total. The van der Waals surface area contributed by atoms with Gasteiger partial charge in [-0.1, -0.05) is 11.6 Å². The number of carbonyl (C=O) groups is 1. The van der Waals surface area contributed by atoms with Gasteiger partial charge in [-0.2, -0.15) is 5.10 Å². The first-order valence-electron chi connectivity index (χ1n) is 9.56. The first-order valence-corrected chi connectivity index (χ1v) is 9.93. The molecule has 4 heterocycles. The van der Waals surface area contributed by atoms with E-state index >= 15 is 0 Å². The van der Waals surface area contributed by atoms with Crippen LogP contribution >= 0.6 is 11.6 Å². The highest BCUT2D eigenvalue weighted by Gasteiger charge is 2.25. The van der Waals surface area contributed by atoms with E-state index in [1.54, 1.807) is 6.20 Å². The van der Waals surface area contributed by atoms with Crippen molar-refractivity contribution in [3.05, 3.63) is 47.1 Å². The number of amides is 2. The maximum atomic E-state index is 11.9. The largest absolute Gasteiger partial charge is 0.338 e. The predicted octanol–water partition coefficient (Wildman–Crippen LogP) is 3.23. The molecule has 3 aromatic rings. The number of likely N-dealkylation sites (tertiary alicyclic amines) is 1. The fraction of sp³-hybridized carbons (Fsp3) is 0.421. The normalized spacial score (nSPS) is 17.7. The van der Waals surface area contributed by atoms with E-state index < -0.39 is 0 Å². The first kappa shape index (κ1) is 18.8. The monoisotopic (exact) mass is 401 g/mol. The minimum Gasteiger partial charge on any atom is -0.338 e. The molecule has 1 atom stereocenters. The summed E-state index contributed by atoms with van der Waals surface area (Å²) < 4.78 is 1.96. The lowest BCUT2D eigenvalue weighted by Crippen LogP contribution is -2.35. The van der Waals surface area contributed by atoms with Gasteiger partial charge in [-0.05, 0) is 38.4 Å². The molecule has 3 N–H and O–H groups in total. The van der Waals surface area contributed by atoms with Gasteiger partial charge in [0.05, 0.1) is 28.3 Å². The van der Waals surface area contributed by atoms with Crippen LogP contribution in [0.1, 0.15) is 37.1 Å². The zero-order chi connectivity index (χ0) is 19.5. The highest BCUT2D eigenvalue weighted by atomic mass is 35.5. The number of pyridine rings is 1. The first-order chi connectivity index (χ1) is 13.6. The van der Waals surface area contributed by atoms with E-state index in [1.165, 1.54) is 0 Å². The molecule has 1 aliphatic heterocycles. The minimum atomic E-state index is -0.207. The Morgan fingerprint density at radius 2 is 2.29 bits per heavy atom. The number of urea groups is 1. The van der Waals surface area contributed by atoms with Gasteiger partial charge in [0, 0.05) is 37.9 Å². The van der Waals surface area contributed by atoms with Crippen molar-refractivity contribution in [2.75, 3.05) is 25.0 Å². The van der Waals surface area contributed by atoms with Gasteiger partial charge in [0.15, 0.2) is 0 Å². The molecular weight excluding hydrogens is 378 g/mol. The molecular formula is C19H24ClN7O. The molecule has 0 radical (unpaired) electrons. The molecule has 1 fully saturated rings. The molecule has 28 heavy (non-hydrogen) atoms. The van der Waals surface area contributed by atoms with Crippen LogP contribution in [0.3, 0.4) is 0 Å². The van der Waals surface area contributed by atoms with Gasteiger partial charge < -0.3 is 15.0 Å². The molecule has 0 spiro atoms. The number of anilines is 1. The Hall–Kier alpha value is -2.58. The highest BCUT2D eigenvalue weighted by molar-refractivity contribution is 6.30. The standard InChI is InChI=1S/C19H24ClN7O/c1-2-21-19(28)24-16-8-22-25-18(16)13-4-3-7-26(9-13)11-15-12-27-10-14(20)5-6-17(27)23-15/h5-6,8,10,12-13H,2-4,7,9,11H2,1H3,(H,22,25)(H2,21,24,28)/t13-/m0/s1. The summed E-state index contributed by atoms with van der Waals surface area (Å²) >= 11 is 6.06. The number of hydrogen-bond acceptors (Lipinski definition) is 4. The number of piperidine rings is 1. The second kappa shape index (κ2) is 8.20. The van der Waals surface area contributed by atoms with E-state index in [-0.39, 0.29) is 6.03 Å². The SMILES string of the molecule is CCNC(=O)Nc1cn[nH]c1[C@H]1CCCN(Cc2cn3cc(Cl)ccc3n2)C1. The Labute approximate surface area is 168 Å². The Morgan fingerprint density at radius 1 is 1.39 bits per heavy atom. The van der Waals surface area contributed by atoms with Crippen molar-refractivity contribution in [1.82, 2.24) is 29.8 Å². The molecule has 2 amide bonds. The Bertz CT molecular complexity index is 966. The van der Waals surface area contributed by atoms with Crippen LogP contribution in [0, 0.1) is 0 Å². The third-order valence-electron chi connectivity index (χ3n) is 5.02. The average Bonchev–Trinajstić information content (AvgIpc) is 3.28. The zero-order valence-corrected chi connectivity index (χ0v) is 16.5. The van der Waals surface area contributed by atoms with E-state index in [2.05, 4.69) is 25.7 Å². The van der Waals surface area contributed by atoms with Gasteiger partial charge in [-0.15, -0.1) is 0 Å². The number of nitrogens with zero attached hydrogens (tertiary/aromatic N) is 4. The number of carbonyl (C=O) groups excluding carboxylic acids is 1. The fourth-order valence-electron chi connectivity index (χ4n) is 3.79. The maximum Gasteiger partial charge on any atom is 0.319 e. The van der Waals surface area contributed by atoms with E-state index in [9.17, 15) is 4.79 Å². The third kappa shape index (κ3) is 4.13. The number of aromatic nitrogens is 4. The second-order valence-corrected chi connectivity index (χ2v) is 7.54. The number of aromatic amines is 1. The Morgan fingerprint density at radius 3 is 3.14 bits per heavy atom. The number of fused-ring (bicyclic) bond motifs is 1. The van der Waals surface area contributed by atoms with Crippen molar-refractivity contribution in [2.24, 2.45) is 0 Å².